The van der Waals surface area contributed by atoms with Crippen LogP contribution in [0.15, 0.2) is 17.2 Å². The molecule has 0 aliphatic heterocycles. The number of rotatable bonds is 4. The van der Waals surface area contributed by atoms with Crippen molar-refractivity contribution in [3.8, 4) is 0 Å². The third-order valence-electron chi connectivity index (χ3n) is 1.79. The Balaban J connectivity index is 2.78. The Kier molecular flexibility index (Phi) is 4.83. The summed E-state index contributed by atoms with van der Waals surface area (Å²) < 4.78 is 42.1. The number of esters is 1. The zero-order valence-electron chi connectivity index (χ0n) is 9.45. The summed E-state index contributed by atoms with van der Waals surface area (Å²) in [6, 6.07) is 1.59. The van der Waals surface area contributed by atoms with Crippen LogP contribution in [0.25, 0.3) is 0 Å². The van der Waals surface area contributed by atoms with Gasteiger partial charge >= 0.3 is 12.1 Å². The Hall–Kier alpha value is -1.44. The number of nitrogens with two attached hydrogens (primary N) is 1. The van der Waals surface area contributed by atoms with Gasteiger partial charge in [0.15, 0.2) is 0 Å². The third kappa shape index (κ3) is 4.44. The number of halogens is 3. The molecule has 0 atom stereocenters. The van der Waals surface area contributed by atoms with E-state index in [0.29, 0.717) is 0 Å². The SMILES string of the molecule is CCOC(=O)CSc1cc(C(F)(F)F)cc(N)n1. The van der Waals surface area contributed by atoms with Gasteiger partial charge in [0.2, 0.25) is 0 Å². The summed E-state index contributed by atoms with van der Waals surface area (Å²) >= 11 is 0.847. The van der Waals surface area contributed by atoms with Crippen molar-refractivity contribution in [3.63, 3.8) is 0 Å². The number of hydrogen-bond donors (Lipinski definition) is 1. The van der Waals surface area contributed by atoms with Crippen molar-refractivity contribution in [2.45, 2.75) is 18.1 Å². The topological polar surface area (TPSA) is 65.2 Å². The van der Waals surface area contributed by atoms with Gasteiger partial charge < -0.3 is 10.5 Å². The monoisotopic (exact) mass is 280 g/mol. The number of anilines is 1. The highest BCUT2D eigenvalue weighted by Crippen LogP contribution is 2.32. The number of carbonyl (C=O) groups is 1. The molecule has 2 N–H and O–H groups in total. The number of aromatic nitrogens is 1. The minimum Gasteiger partial charge on any atom is -0.465 e. The van der Waals surface area contributed by atoms with Gasteiger partial charge in [-0.15, -0.1) is 0 Å². The third-order valence-corrected chi connectivity index (χ3v) is 2.68. The lowest BCUT2D eigenvalue weighted by atomic mass is 10.2. The van der Waals surface area contributed by atoms with Crippen LogP contribution in [0.4, 0.5) is 19.0 Å². The van der Waals surface area contributed by atoms with Crippen LogP contribution in [0.2, 0.25) is 0 Å². The second-order valence-corrected chi connectivity index (χ2v) is 4.21. The highest BCUT2D eigenvalue weighted by Gasteiger charge is 2.31. The molecule has 18 heavy (non-hydrogen) atoms. The summed E-state index contributed by atoms with van der Waals surface area (Å²) in [6.45, 7) is 1.86. The fourth-order valence-electron chi connectivity index (χ4n) is 1.10. The van der Waals surface area contributed by atoms with E-state index in [2.05, 4.69) is 9.72 Å². The predicted octanol–water partition coefficient (Wildman–Crippen LogP) is 2.34. The molecule has 0 unspecified atom stereocenters. The first kappa shape index (κ1) is 14.6. The van der Waals surface area contributed by atoms with Crippen molar-refractivity contribution in [1.82, 2.24) is 4.98 Å². The molecular formula is C10H11F3N2O2S. The van der Waals surface area contributed by atoms with Crippen molar-refractivity contribution < 1.29 is 22.7 Å². The molecule has 1 rings (SSSR count). The standard InChI is InChI=1S/C10H11F3N2O2S/c1-2-17-9(16)5-18-8-4-6(10(11,12)13)3-7(14)15-8/h3-4H,2,5H2,1H3,(H2,14,15). The van der Waals surface area contributed by atoms with Gasteiger partial charge in [0.25, 0.3) is 0 Å². The minimum atomic E-state index is -4.49. The molecule has 1 aromatic heterocycles. The maximum atomic E-state index is 12.5. The molecule has 1 heterocycles. The molecule has 0 aromatic carbocycles. The fourth-order valence-corrected chi connectivity index (χ4v) is 1.83. The molecule has 0 aliphatic rings. The second kappa shape index (κ2) is 5.94. The zero-order chi connectivity index (χ0) is 13.8. The van der Waals surface area contributed by atoms with E-state index in [-0.39, 0.29) is 23.2 Å². The number of hydrogen-bond acceptors (Lipinski definition) is 5. The highest BCUT2D eigenvalue weighted by atomic mass is 32.2. The predicted molar refractivity (Wildman–Crippen MR) is 61.0 cm³/mol. The maximum absolute atomic E-state index is 12.5. The molecule has 0 saturated heterocycles. The van der Waals surface area contributed by atoms with Crippen LogP contribution in [0.1, 0.15) is 12.5 Å². The number of nitrogens with zero attached hydrogens (tertiary/aromatic N) is 1. The van der Waals surface area contributed by atoms with Crippen LogP contribution in [0.5, 0.6) is 0 Å². The van der Waals surface area contributed by atoms with Gasteiger partial charge in [-0.3, -0.25) is 4.79 Å². The van der Waals surface area contributed by atoms with E-state index >= 15 is 0 Å². The quantitative estimate of drug-likeness (QED) is 0.677. The van der Waals surface area contributed by atoms with E-state index in [4.69, 9.17) is 5.73 Å². The Morgan fingerprint density at radius 3 is 2.72 bits per heavy atom. The summed E-state index contributed by atoms with van der Waals surface area (Å²) in [5, 5.41) is 0.0374. The molecule has 100 valence electrons. The van der Waals surface area contributed by atoms with Crippen LogP contribution in [0.3, 0.4) is 0 Å². The minimum absolute atomic E-state index is 0.0374. The fraction of sp³-hybridized carbons (Fsp3) is 0.400. The molecular weight excluding hydrogens is 269 g/mol. The lowest BCUT2D eigenvalue weighted by molar-refractivity contribution is -0.140. The van der Waals surface area contributed by atoms with Crippen molar-refractivity contribution >= 4 is 23.5 Å². The Labute approximate surface area is 106 Å². The average Bonchev–Trinajstić information content (AvgIpc) is 2.25. The van der Waals surface area contributed by atoms with Crippen molar-refractivity contribution in [2.75, 3.05) is 18.1 Å². The number of ether oxygens (including phenoxy) is 1. The largest absolute Gasteiger partial charge is 0.465 e. The first-order valence-corrected chi connectivity index (χ1v) is 5.94. The van der Waals surface area contributed by atoms with E-state index in [9.17, 15) is 18.0 Å². The molecule has 0 saturated carbocycles. The highest BCUT2D eigenvalue weighted by molar-refractivity contribution is 7.99. The molecule has 8 heteroatoms. The summed E-state index contributed by atoms with van der Waals surface area (Å²) in [5.74, 6) is -0.863. The van der Waals surface area contributed by atoms with E-state index in [0.717, 1.165) is 23.9 Å². The molecule has 0 aliphatic carbocycles. The van der Waals surface area contributed by atoms with Crippen molar-refractivity contribution in [1.29, 1.82) is 0 Å². The average molecular weight is 280 g/mol. The first-order valence-electron chi connectivity index (χ1n) is 4.96. The normalized spacial score (nSPS) is 11.3. The van der Waals surface area contributed by atoms with Gasteiger partial charge in [0.05, 0.1) is 22.9 Å². The van der Waals surface area contributed by atoms with Crippen molar-refractivity contribution in [3.05, 3.63) is 17.7 Å². The van der Waals surface area contributed by atoms with E-state index < -0.39 is 17.7 Å². The van der Waals surface area contributed by atoms with E-state index in [1.165, 1.54) is 0 Å². The van der Waals surface area contributed by atoms with Gasteiger partial charge in [-0.1, -0.05) is 11.8 Å². The van der Waals surface area contributed by atoms with Crippen LogP contribution in [-0.2, 0) is 15.7 Å². The van der Waals surface area contributed by atoms with Gasteiger partial charge in [0.1, 0.15) is 5.82 Å². The van der Waals surface area contributed by atoms with Gasteiger partial charge in [-0.25, -0.2) is 4.98 Å². The van der Waals surface area contributed by atoms with Crippen LogP contribution < -0.4 is 5.73 Å². The van der Waals surface area contributed by atoms with E-state index in [1.807, 2.05) is 0 Å². The number of pyridine rings is 1. The van der Waals surface area contributed by atoms with Gasteiger partial charge in [0, 0.05) is 0 Å². The second-order valence-electron chi connectivity index (χ2n) is 3.21. The smallest absolute Gasteiger partial charge is 0.416 e. The Morgan fingerprint density at radius 1 is 1.50 bits per heavy atom. The molecule has 0 bridgehead atoms. The molecule has 1 aromatic rings. The molecule has 0 fully saturated rings. The first-order chi connectivity index (χ1) is 8.32. The number of carbonyl (C=O) groups excluding carboxylic acids is 1. The molecule has 4 nitrogen and oxygen atoms in total. The summed E-state index contributed by atoms with van der Waals surface area (Å²) in [4.78, 5) is 14.8. The summed E-state index contributed by atoms with van der Waals surface area (Å²) in [6.07, 6.45) is -4.49. The lowest BCUT2D eigenvalue weighted by Gasteiger charge is -2.09. The summed E-state index contributed by atoms with van der Waals surface area (Å²) in [5.41, 5.74) is 4.39. The molecule has 0 radical (unpaired) electrons. The Bertz CT molecular complexity index is 438. The zero-order valence-corrected chi connectivity index (χ0v) is 10.3. The van der Waals surface area contributed by atoms with Gasteiger partial charge in [-0.05, 0) is 19.1 Å². The van der Waals surface area contributed by atoms with Gasteiger partial charge in [-0.2, -0.15) is 13.2 Å². The van der Waals surface area contributed by atoms with Crippen LogP contribution >= 0.6 is 11.8 Å². The molecule has 0 spiro atoms. The number of nitrogen functional groups attached to an aromatic ring is 1. The Morgan fingerprint density at radius 2 is 2.17 bits per heavy atom. The van der Waals surface area contributed by atoms with Crippen LogP contribution in [0, 0.1) is 0 Å². The van der Waals surface area contributed by atoms with Crippen molar-refractivity contribution in [2.24, 2.45) is 0 Å². The number of thioether (sulfide) groups is 1. The summed E-state index contributed by atoms with van der Waals surface area (Å²) in [7, 11) is 0. The maximum Gasteiger partial charge on any atom is 0.416 e. The lowest BCUT2D eigenvalue weighted by Crippen LogP contribution is -2.09. The van der Waals surface area contributed by atoms with Crippen LogP contribution in [-0.4, -0.2) is 23.3 Å². The molecule has 0 amide bonds. The number of alkyl halides is 3. The van der Waals surface area contributed by atoms with E-state index in [1.54, 1.807) is 6.92 Å².